The van der Waals surface area contributed by atoms with E-state index < -0.39 is 12.0 Å². The number of carboxylic acid groups (broad SMARTS) is 1. The summed E-state index contributed by atoms with van der Waals surface area (Å²) in [5.74, 6) is -1.35. The molecule has 0 spiro atoms. The number of aromatic nitrogens is 3. The lowest BCUT2D eigenvalue weighted by Gasteiger charge is -2.18. The van der Waals surface area contributed by atoms with Crippen molar-refractivity contribution < 1.29 is 14.7 Å². The van der Waals surface area contributed by atoms with Crippen molar-refractivity contribution in [2.45, 2.75) is 24.3 Å². The molecular weight excluding hydrogens is 364 g/mol. The first-order chi connectivity index (χ1) is 12.9. The van der Waals surface area contributed by atoms with E-state index in [1.54, 1.807) is 29.6 Å². The predicted octanol–water partition coefficient (Wildman–Crippen LogP) is 2.94. The number of aryl methyl sites for hydroxylation is 2. The van der Waals surface area contributed by atoms with Gasteiger partial charge in [0.2, 0.25) is 0 Å². The highest BCUT2D eigenvalue weighted by Gasteiger charge is 2.20. The van der Waals surface area contributed by atoms with E-state index in [1.807, 2.05) is 37.4 Å². The van der Waals surface area contributed by atoms with Gasteiger partial charge in [-0.3, -0.25) is 14.3 Å². The zero-order valence-electron chi connectivity index (χ0n) is 15.3. The lowest BCUT2D eigenvalue weighted by Crippen LogP contribution is -2.30. The van der Waals surface area contributed by atoms with E-state index in [0.29, 0.717) is 11.2 Å². The lowest BCUT2D eigenvalue weighted by atomic mass is 10.0. The fourth-order valence-corrected chi connectivity index (χ4v) is 3.34. The van der Waals surface area contributed by atoms with Crippen molar-refractivity contribution in [2.75, 3.05) is 6.26 Å². The number of carbonyl (C=O) groups is 2. The molecule has 0 saturated heterocycles. The summed E-state index contributed by atoms with van der Waals surface area (Å²) < 4.78 is 1.66. The Morgan fingerprint density at radius 3 is 2.63 bits per heavy atom. The summed E-state index contributed by atoms with van der Waals surface area (Å²) in [5, 5.41) is 17.1. The molecule has 27 heavy (non-hydrogen) atoms. The average Bonchev–Trinajstić information content (AvgIpc) is 2.94. The van der Waals surface area contributed by atoms with Crippen LogP contribution in [0.25, 0.3) is 11.0 Å². The van der Waals surface area contributed by atoms with Crippen LogP contribution in [0.15, 0.2) is 41.4 Å². The van der Waals surface area contributed by atoms with Gasteiger partial charge in [0.25, 0.3) is 5.91 Å². The minimum Gasteiger partial charge on any atom is -0.481 e. The Bertz CT molecular complexity index is 998. The standard InChI is InChI=1S/C19H20N4O3S/c1-11-15-8-13(10-20-18(15)23(2)22-11)19(26)21-16(9-17(24)25)12-4-6-14(27-3)7-5-12/h4-8,10,16H,9H2,1-3H3,(H,21,26)(H,24,25). The normalized spacial score (nSPS) is 12.1. The second kappa shape index (κ2) is 7.79. The highest BCUT2D eigenvalue weighted by Crippen LogP contribution is 2.22. The first kappa shape index (κ1) is 18.9. The fraction of sp³-hybridized carbons (Fsp3) is 0.263. The molecule has 1 unspecified atom stereocenters. The molecule has 2 aromatic heterocycles. The van der Waals surface area contributed by atoms with Gasteiger partial charge in [-0.05, 0) is 36.9 Å². The number of amides is 1. The Hall–Kier alpha value is -2.87. The van der Waals surface area contributed by atoms with Crippen LogP contribution < -0.4 is 5.32 Å². The van der Waals surface area contributed by atoms with Gasteiger partial charge in [0, 0.05) is 23.5 Å². The van der Waals surface area contributed by atoms with Crippen molar-refractivity contribution in [1.29, 1.82) is 0 Å². The van der Waals surface area contributed by atoms with Gasteiger partial charge < -0.3 is 10.4 Å². The summed E-state index contributed by atoms with van der Waals surface area (Å²) in [6, 6.07) is 8.60. The number of hydrogen-bond acceptors (Lipinski definition) is 5. The lowest BCUT2D eigenvalue weighted by molar-refractivity contribution is -0.137. The van der Waals surface area contributed by atoms with Crippen molar-refractivity contribution >= 4 is 34.7 Å². The predicted molar refractivity (Wildman–Crippen MR) is 104 cm³/mol. The second-order valence-corrected chi connectivity index (χ2v) is 7.08. The number of hydrogen-bond donors (Lipinski definition) is 2. The number of carbonyl (C=O) groups excluding carboxylic acids is 1. The van der Waals surface area contributed by atoms with E-state index in [0.717, 1.165) is 21.5 Å². The molecule has 140 valence electrons. The van der Waals surface area contributed by atoms with E-state index in [1.165, 1.54) is 6.20 Å². The van der Waals surface area contributed by atoms with Crippen molar-refractivity contribution in [3.63, 3.8) is 0 Å². The number of pyridine rings is 1. The topological polar surface area (TPSA) is 97.1 Å². The van der Waals surface area contributed by atoms with E-state index >= 15 is 0 Å². The second-order valence-electron chi connectivity index (χ2n) is 6.20. The Morgan fingerprint density at radius 2 is 2.00 bits per heavy atom. The average molecular weight is 384 g/mol. The van der Waals surface area contributed by atoms with Crippen LogP contribution in [0.3, 0.4) is 0 Å². The van der Waals surface area contributed by atoms with Crippen LogP contribution in [-0.2, 0) is 11.8 Å². The molecule has 1 amide bonds. The number of nitrogens with zero attached hydrogens (tertiary/aromatic N) is 3. The summed E-state index contributed by atoms with van der Waals surface area (Å²) in [5.41, 5.74) is 2.59. The maximum Gasteiger partial charge on any atom is 0.305 e. The summed E-state index contributed by atoms with van der Waals surface area (Å²) >= 11 is 1.60. The summed E-state index contributed by atoms with van der Waals surface area (Å²) in [7, 11) is 1.79. The fourth-order valence-electron chi connectivity index (χ4n) is 2.94. The van der Waals surface area contributed by atoms with Crippen LogP contribution in [0, 0.1) is 6.92 Å². The first-order valence-electron chi connectivity index (χ1n) is 8.35. The van der Waals surface area contributed by atoms with Crippen molar-refractivity contribution in [1.82, 2.24) is 20.1 Å². The molecule has 0 bridgehead atoms. The van der Waals surface area contributed by atoms with Crippen LogP contribution in [0.2, 0.25) is 0 Å². The quantitative estimate of drug-likeness (QED) is 0.634. The van der Waals surface area contributed by atoms with Crippen LogP contribution in [0.4, 0.5) is 0 Å². The molecule has 0 aliphatic heterocycles. The van der Waals surface area contributed by atoms with E-state index in [4.69, 9.17) is 0 Å². The zero-order valence-corrected chi connectivity index (χ0v) is 16.1. The van der Waals surface area contributed by atoms with E-state index in [-0.39, 0.29) is 12.3 Å². The van der Waals surface area contributed by atoms with Crippen LogP contribution in [0.5, 0.6) is 0 Å². The van der Waals surface area contributed by atoms with E-state index in [2.05, 4.69) is 15.4 Å². The molecule has 2 N–H and O–H groups in total. The zero-order chi connectivity index (χ0) is 19.6. The molecule has 3 rings (SSSR count). The molecule has 0 fully saturated rings. The van der Waals surface area contributed by atoms with Gasteiger partial charge in [-0.25, -0.2) is 4.98 Å². The van der Waals surface area contributed by atoms with Crippen LogP contribution in [-0.4, -0.2) is 38.0 Å². The first-order valence-corrected chi connectivity index (χ1v) is 9.57. The van der Waals surface area contributed by atoms with Crippen LogP contribution in [0.1, 0.15) is 34.1 Å². The third kappa shape index (κ3) is 4.11. The van der Waals surface area contributed by atoms with Gasteiger partial charge in [0.15, 0.2) is 5.65 Å². The third-order valence-electron chi connectivity index (χ3n) is 4.33. The third-order valence-corrected chi connectivity index (χ3v) is 5.07. The van der Waals surface area contributed by atoms with Crippen LogP contribution >= 0.6 is 11.8 Å². The molecule has 1 atom stereocenters. The molecular formula is C19H20N4O3S. The maximum atomic E-state index is 12.7. The smallest absolute Gasteiger partial charge is 0.305 e. The molecule has 2 heterocycles. The number of fused-ring (bicyclic) bond motifs is 1. The summed E-state index contributed by atoms with van der Waals surface area (Å²) in [6.45, 7) is 1.85. The number of benzene rings is 1. The number of aliphatic carboxylic acids is 1. The van der Waals surface area contributed by atoms with Crippen molar-refractivity contribution in [3.8, 4) is 0 Å². The van der Waals surface area contributed by atoms with Crippen molar-refractivity contribution in [3.05, 3.63) is 53.3 Å². The molecule has 7 nitrogen and oxygen atoms in total. The minimum atomic E-state index is -0.981. The van der Waals surface area contributed by atoms with E-state index in [9.17, 15) is 14.7 Å². The van der Waals surface area contributed by atoms with Gasteiger partial charge in [0.05, 0.1) is 23.7 Å². The van der Waals surface area contributed by atoms with Gasteiger partial charge in [0.1, 0.15) is 0 Å². The summed E-state index contributed by atoms with van der Waals surface area (Å²) in [6.07, 6.45) is 3.24. The molecule has 0 saturated carbocycles. The minimum absolute atomic E-state index is 0.202. The Balaban J connectivity index is 1.87. The monoisotopic (exact) mass is 384 g/mol. The number of carboxylic acids is 1. The summed E-state index contributed by atoms with van der Waals surface area (Å²) in [4.78, 5) is 29.4. The van der Waals surface area contributed by atoms with Gasteiger partial charge in [-0.2, -0.15) is 5.10 Å². The van der Waals surface area contributed by atoms with Gasteiger partial charge in [-0.1, -0.05) is 12.1 Å². The van der Waals surface area contributed by atoms with Gasteiger partial charge in [-0.15, -0.1) is 11.8 Å². The number of nitrogens with one attached hydrogen (secondary N) is 1. The molecule has 0 radical (unpaired) electrons. The molecule has 1 aromatic carbocycles. The molecule has 0 aliphatic rings. The van der Waals surface area contributed by atoms with Crippen molar-refractivity contribution in [2.24, 2.45) is 7.05 Å². The Kier molecular flexibility index (Phi) is 5.46. The highest BCUT2D eigenvalue weighted by molar-refractivity contribution is 7.98. The largest absolute Gasteiger partial charge is 0.481 e. The molecule has 8 heteroatoms. The number of thioether (sulfide) groups is 1. The molecule has 0 aliphatic carbocycles. The Labute approximate surface area is 160 Å². The SMILES string of the molecule is CSc1ccc(C(CC(=O)O)NC(=O)c2cnc3c(c2)c(C)nn3C)cc1. The molecule has 3 aromatic rings. The highest BCUT2D eigenvalue weighted by atomic mass is 32.2. The van der Waals surface area contributed by atoms with Gasteiger partial charge >= 0.3 is 5.97 Å². The number of rotatable bonds is 6. The maximum absolute atomic E-state index is 12.7. The Morgan fingerprint density at radius 1 is 1.30 bits per heavy atom.